The van der Waals surface area contributed by atoms with Crippen molar-refractivity contribution in [2.24, 2.45) is 0 Å². The van der Waals surface area contributed by atoms with Crippen LogP contribution >= 0.6 is 0 Å². The summed E-state index contributed by atoms with van der Waals surface area (Å²) >= 11 is 0. The lowest BCUT2D eigenvalue weighted by atomic mass is 10.0. The number of hydrogen-bond donors (Lipinski definition) is 3. The number of nitrogens with zero attached hydrogens (tertiary/aromatic N) is 5. The number of likely N-dealkylation sites (N-methyl/N-ethyl adjacent to an activating group) is 1. The van der Waals surface area contributed by atoms with E-state index in [1.165, 1.54) is 17.3 Å². The minimum Gasteiger partial charge on any atom is -0.478 e. The van der Waals surface area contributed by atoms with Gasteiger partial charge in [0.25, 0.3) is 0 Å². The third-order valence-corrected chi connectivity index (χ3v) is 7.59. The van der Waals surface area contributed by atoms with Crippen LogP contribution in [0.2, 0.25) is 0 Å². The fourth-order valence-corrected chi connectivity index (χ4v) is 5.47. The average Bonchev–Trinajstić information content (AvgIpc) is 3.73. The second-order valence-corrected chi connectivity index (χ2v) is 10.5. The number of fused-ring (bicyclic) bond motifs is 2. The Morgan fingerprint density at radius 1 is 0.977 bits per heavy atom. The van der Waals surface area contributed by atoms with Crippen LogP contribution in [-0.4, -0.2) is 85.9 Å². The third-order valence-electron chi connectivity index (χ3n) is 7.59. The molecule has 228 valence electrons. The van der Waals surface area contributed by atoms with Crippen LogP contribution < -0.4 is 10.6 Å². The molecule has 0 spiro atoms. The van der Waals surface area contributed by atoms with E-state index in [2.05, 4.69) is 25.6 Å². The molecule has 44 heavy (non-hydrogen) atoms. The van der Waals surface area contributed by atoms with Gasteiger partial charge in [-0.15, -0.1) is 0 Å². The molecule has 2 aromatic carbocycles. The van der Waals surface area contributed by atoms with Crippen LogP contribution in [-0.2, 0) is 25.4 Å². The molecule has 0 saturated carbocycles. The number of carbonyl (C=O) groups excluding carboxylic acids is 2. The van der Waals surface area contributed by atoms with Gasteiger partial charge in [0.1, 0.15) is 24.6 Å². The first-order valence-corrected chi connectivity index (χ1v) is 14.1. The first kappa shape index (κ1) is 29.2. The second-order valence-electron chi connectivity index (χ2n) is 10.5. The van der Waals surface area contributed by atoms with Crippen molar-refractivity contribution in [2.75, 3.05) is 25.5 Å². The number of carbonyl (C=O) groups is 3. The van der Waals surface area contributed by atoms with E-state index in [0.717, 1.165) is 5.56 Å². The monoisotopic (exact) mass is 601 g/mol. The number of urea groups is 1. The van der Waals surface area contributed by atoms with Gasteiger partial charge >= 0.3 is 12.0 Å². The topological polar surface area (TPSA) is 170 Å². The second kappa shape index (κ2) is 12.4. The van der Waals surface area contributed by atoms with Crippen LogP contribution in [0.1, 0.15) is 40.9 Å². The van der Waals surface area contributed by atoms with Crippen LogP contribution in [0.15, 0.2) is 67.3 Å². The molecule has 2 saturated heterocycles. The van der Waals surface area contributed by atoms with Crippen LogP contribution in [0.5, 0.6) is 0 Å². The Hall–Kier alpha value is -4.92. The van der Waals surface area contributed by atoms with Crippen molar-refractivity contribution in [1.82, 2.24) is 29.7 Å². The fourth-order valence-electron chi connectivity index (χ4n) is 5.47. The summed E-state index contributed by atoms with van der Waals surface area (Å²) < 4.78 is 21.0. The van der Waals surface area contributed by atoms with E-state index in [1.54, 1.807) is 43.1 Å². The van der Waals surface area contributed by atoms with E-state index < -0.39 is 42.8 Å². The Bertz CT molecular complexity index is 1680. The highest BCUT2D eigenvalue weighted by molar-refractivity contribution is 5.95. The van der Waals surface area contributed by atoms with Crippen LogP contribution in [0.3, 0.4) is 0 Å². The minimum absolute atomic E-state index is 0.0831. The Labute approximate surface area is 252 Å². The molecule has 3 amide bonds. The molecule has 2 fully saturated rings. The number of ether oxygens (including phenoxy) is 3. The molecule has 14 heteroatoms. The number of rotatable bonds is 9. The summed E-state index contributed by atoms with van der Waals surface area (Å²) in [5.41, 5.74) is 2.12. The summed E-state index contributed by atoms with van der Waals surface area (Å²) in [6, 6.07) is 15.5. The van der Waals surface area contributed by atoms with Crippen LogP contribution in [0.25, 0.3) is 11.2 Å². The zero-order valence-electron chi connectivity index (χ0n) is 24.0. The van der Waals surface area contributed by atoms with Gasteiger partial charge in [0.05, 0.1) is 18.3 Å². The number of imidazole rings is 1. The van der Waals surface area contributed by atoms with E-state index >= 15 is 0 Å². The van der Waals surface area contributed by atoms with Gasteiger partial charge in [0, 0.05) is 25.7 Å². The van der Waals surface area contributed by atoms with Crippen LogP contribution in [0.4, 0.5) is 10.6 Å². The molecule has 3 N–H and O–H groups in total. The number of aromatic nitrogens is 4. The quantitative estimate of drug-likeness (QED) is 0.259. The first-order chi connectivity index (χ1) is 21.3. The number of aromatic carboxylic acids is 1. The molecule has 2 aliphatic heterocycles. The molecule has 14 nitrogen and oxygen atoms in total. The first-order valence-electron chi connectivity index (χ1n) is 14.1. The van der Waals surface area contributed by atoms with Crippen molar-refractivity contribution < 1.29 is 33.7 Å². The lowest BCUT2D eigenvalue weighted by Gasteiger charge is -2.25. The maximum absolute atomic E-state index is 13.2. The number of nitrogens with one attached hydrogen (secondary N) is 2. The Morgan fingerprint density at radius 2 is 1.73 bits per heavy atom. The van der Waals surface area contributed by atoms with Gasteiger partial charge in [-0.1, -0.05) is 48.5 Å². The SMILES string of the molecule is CCNC(=O)Nc1ncnc2c1ncn2C1OC(CN(C)C(=O)Cc2ccccc2C(=O)O)C2O[C@H](c3ccccc3)OC21. The minimum atomic E-state index is -1.09. The van der Waals surface area contributed by atoms with E-state index in [4.69, 9.17) is 14.2 Å². The third kappa shape index (κ3) is 5.69. The van der Waals surface area contributed by atoms with Gasteiger partial charge in [0.2, 0.25) is 5.91 Å². The number of carboxylic acid groups (broad SMARTS) is 1. The number of hydrogen-bond acceptors (Lipinski definition) is 9. The molecule has 4 heterocycles. The van der Waals surface area contributed by atoms with Crippen molar-refractivity contribution in [1.29, 1.82) is 0 Å². The van der Waals surface area contributed by atoms with Crippen molar-refractivity contribution in [3.8, 4) is 0 Å². The number of carboxylic acids is 1. The summed E-state index contributed by atoms with van der Waals surface area (Å²) in [5, 5.41) is 14.9. The molecule has 0 bridgehead atoms. The molecular weight excluding hydrogens is 570 g/mol. The molecule has 5 atom stereocenters. The smallest absolute Gasteiger partial charge is 0.335 e. The average molecular weight is 602 g/mol. The Balaban J connectivity index is 1.26. The molecule has 0 radical (unpaired) electrons. The zero-order chi connectivity index (χ0) is 30.8. The van der Waals surface area contributed by atoms with Crippen molar-refractivity contribution >= 4 is 34.9 Å². The van der Waals surface area contributed by atoms with Gasteiger partial charge in [0.15, 0.2) is 29.5 Å². The summed E-state index contributed by atoms with van der Waals surface area (Å²) in [6.45, 7) is 2.40. The van der Waals surface area contributed by atoms with Gasteiger partial charge in [-0.05, 0) is 18.6 Å². The van der Waals surface area contributed by atoms with E-state index in [-0.39, 0.29) is 30.3 Å². The lowest BCUT2D eigenvalue weighted by Crippen LogP contribution is -2.41. The highest BCUT2D eigenvalue weighted by Crippen LogP contribution is 2.45. The van der Waals surface area contributed by atoms with E-state index in [0.29, 0.717) is 23.3 Å². The molecule has 0 aliphatic carbocycles. The summed E-state index contributed by atoms with van der Waals surface area (Å²) in [5.74, 6) is -1.13. The van der Waals surface area contributed by atoms with Crippen molar-refractivity contribution in [2.45, 2.75) is 44.2 Å². The van der Waals surface area contributed by atoms with Crippen molar-refractivity contribution in [3.63, 3.8) is 0 Å². The number of amides is 3. The van der Waals surface area contributed by atoms with Gasteiger partial charge in [-0.25, -0.2) is 24.5 Å². The van der Waals surface area contributed by atoms with E-state index in [1.807, 2.05) is 30.3 Å². The zero-order valence-corrected chi connectivity index (χ0v) is 24.0. The highest BCUT2D eigenvalue weighted by atomic mass is 16.8. The number of benzene rings is 2. The maximum atomic E-state index is 13.2. The van der Waals surface area contributed by atoms with Gasteiger partial charge in [-0.3, -0.25) is 14.7 Å². The Morgan fingerprint density at radius 3 is 2.50 bits per heavy atom. The van der Waals surface area contributed by atoms with Gasteiger partial charge < -0.3 is 29.5 Å². The summed E-state index contributed by atoms with van der Waals surface area (Å²) in [4.78, 5) is 51.6. The molecule has 4 aromatic rings. The van der Waals surface area contributed by atoms with Crippen LogP contribution in [0, 0.1) is 0 Å². The normalized spacial score (nSPS) is 22.5. The molecular formula is C30H31N7O7. The van der Waals surface area contributed by atoms with E-state index in [9.17, 15) is 19.5 Å². The lowest BCUT2D eigenvalue weighted by molar-refractivity contribution is -0.153. The highest BCUT2D eigenvalue weighted by Gasteiger charge is 2.54. The maximum Gasteiger partial charge on any atom is 0.335 e. The largest absolute Gasteiger partial charge is 0.478 e. The molecule has 6 rings (SSSR count). The van der Waals surface area contributed by atoms with Gasteiger partial charge in [-0.2, -0.15) is 0 Å². The standard InChI is InChI=1S/C30H31N7O7/c1-3-31-30(41)35-25-22-26(33-15-32-25)37(16-34-22)27-24-23(43-29(44-24)17-9-5-4-6-10-17)20(42-27)14-36(2)21(38)13-18-11-7-8-12-19(18)28(39)40/h4-12,15-16,20,23-24,27,29H,3,13-14H2,1-2H3,(H,39,40)(H2,31,32,33,35,41)/t20?,23?,24?,27?,29-/m0/s1. The summed E-state index contributed by atoms with van der Waals surface area (Å²) in [7, 11) is 1.64. The number of anilines is 1. The predicted molar refractivity (Wildman–Crippen MR) is 156 cm³/mol. The molecule has 2 aromatic heterocycles. The molecule has 4 unspecified atom stereocenters. The summed E-state index contributed by atoms with van der Waals surface area (Å²) in [6.07, 6.45) is -0.357. The predicted octanol–water partition coefficient (Wildman–Crippen LogP) is 2.75. The van der Waals surface area contributed by atoms with Crippen molar-refractivity contribution in [3.05, 3.63) is 83.9 Å². The Kier molecular flexibility index (Phi) is 8.19. The molecule has 2 aliphatic rings. The fraction of sp³-hybridized carbons (Fsp3) is 0.333.